The topological polar surface area (TPSA) is 81.1 Å². The van der Waals surface area contributed by atoms with Gasteiger partial charge in [-0.2, -0.15) is 4.98 Å². The molecule has 2 aromatic carbocycles. The average Bonchev–Trinajstić information content (AvgIpc) is 3.25. The number of nitrogens with zero attached hydrogens (tertiary/aromatic N) is 3. The van der Waals surface area contributed by atoms with Crippen molar-refractivity contribution in [3.05, 3.63) is 71.4 Å². The second kappa shape index (κ2) is 11.2. The van der Waals surface area contributed by atoms with Crippen molar-refractivity contribution in [2.45, 2.75) is 51.2 Å². The summed E-state index contributed by atoms with van der Waals surface area (Å²) < 4.78 is 7.97. The Kier molecular flexibility index (Phi) is 7.90. The predicted molar refractivity (Wildman–Crippen MR) is 137 cm³/mol. The highest BCUT2D eigenvalue weighted by molar-refractivity contribution is 7.99. The number of carbonyl (C=O) groups excluding carboxylic acids is 1. The van der Waals surface area contributed by atoms with Crippen LogP contribution in [0.5, 0.6) is 5.75 Å². The average molecular weight is 478 g/mol. The van der Waals surface area contributed by atoms with E-state index in [2.05, 4.69) is 24.5 Å². The van der Waals surface area contributed by atoms with E-state index < -0.39 is 6.04 Å². The molecule has 0 aliphatic carbocycles. The summed E-state index contributed by atoms with van der Waals surface area (Å²) in [5, 5.41) is 11.8. The van der Waals surface area contributed by atoms with Gasteiger partial charge in [0.1, 0.15) is 11.8 Å². The normalized spacial score (nSPS) is 15.0. The van der Waals surface area contributed by atoms with E-state index in [9.17, 15) is 4.79 Å². The quantitative estimate of drug-likeness (QED) is 0.280. The number of benzene rings is 2. The largest absolute Gasteiger partial charge is 0.493 e. The smallest absolute Gasteiger partial charge is 0.255 e. The number of hydrogen-bond donors (Lipinski definition) is 2. The number of ether oxygens (including phenoxy) is 1. The molecule has 1 amide bonds. The summed E-state index contributed by atoms with van der Waals surface area (Å²) in [5.41, 5.74) is 2.95. The van der Waals surface area contributed by atoms with E-state index in [1.807, 2.05) is 66.2 Å². The van der Waals surface area contributed by atoms with E-state index >= 15 is 0 Å². The molecule has 0 spiro atoms. The second-order valence-electron chi connectivity index (χ2n) is 8.14. The predicted octanol–water partition coefficient (Wildman–Crippen LogP) is 5.89. The maximum absolute atomic E-state index is 13.6. The van der Waals surface area contributed by atoms with Crippen LogP contribution in [0.2, 0.25) is 0 Å². The van der Waals surface area contributed by atoms with Gasteiger partial charge in [0.25, 0.3) is 5.91 Å². The Hall–Kier alpha value is -3.26. The van der Waals surface area contributed by atoms with Crippen molar-refractivity contribution in [3.8, 4) is 5.75 Å². The van der Waals surface area contributed by atoms with Crippen molar-refractivity contribution >= 4 is 29.3 Å². The van der Waals surface area contributed by atoms with Crippen molar-refractivity contribution < 1.29 is 9.53 Å². The fourth-order valence-electron chi connectivity index (χ4n) is 3.85. The number of amides is 1. The Bertz CT molecular complexity index is 1160. The number of thioether (sulfide) groups is 1. The van der Waals surface area contributed by atoms with Gasteiger partial charge in [0.15, 0.2) is 0 Å². The Labute approximate surface area is 205 Å². The molecule has 34 heavy (non-hydrogen) atoms. The van der Waals surface area contributed by atoms with E-state index in [4.69, 9.17) is 14.8 Å². The summed E-state index contributed by atoms with van der Waals surface area (Å²) in [6.45, 7) is 6.79. The third-order valence-electron chi connectivity index (χ3n) is 5.51. The van der Waals surface area contributed by atoms with Crippen molar-refractivity contribution in [1.82, 2.24) is 14.8 Å². The molecule has 2 N–H and O–H groups in total. The van der Waals surface area contributed by atoms with E-state index in [-0.39, 0.29) is 5.91 Å². The Morgan fingerprint density at radius 1 is 1.12 bits per heavy atom. The molecule has 178 valence electrons. The fraction of sp³-hybridized carbons (Fsp3) is 0.346. The molecule has 1 aromatic heterocycles. The van der Waals surface area contributed by atoms with E-state index in [0.29, 0.717) is 23.3 Å². The van der Waals surface area contributed by atoms with Gasteiger partial charge in [-0.05, 0) is 38.0 Å². The van der Waals surface area contributed by atoms with Crippen LogP contribution in [0.4, 0.5) is 11.6 Å². The number of nitrogens with one attached hydrogen (secondary N) is 2. The van der Waals surface area contributed by atoms with Crippen LogP contribution in [0.25, 0.3) is 0 Å². The third kappa shape index (κ3) is 5.28. The number of anilines is 2. The van der Waals surface area contributed by atoms with Crippen molar-refractivity contribution in [2.24, 2.45) is 0 Å². The van der Waals surface area contributed by atoms with Crippen LogP contribution in [-0.2, 0) is 4.79 Å². The van der Waals surface area contributed by atoms with Gasteiger partial charge in [-0.15, -0.1) is 5.10 Å². The van der Waals surface area contributed by atoms with Crippen molar-refractivity contribution in [2.75, 3.05) is 23.0 Å². The van der Waals surface area contributed by atoms with Gasteiger partial charge < -0.3 is 15.4 Å². The maximum atomic E-state index is 13.6. The van der Waals surface area contributed by atoms with Crippen LogP contribution >= 0.6 is 11.8 Å². The number of aromatic nitrogens is 3. The molecular formula is C26H31N5O2S. The first kappa shape index (κ1) is 23.9. The number of fused-ring (bicyclic) bond motifs is 1. The first-order valence-corrected chi connectivity index (χ1v) is 12.8. The molecule has 1 atom stereocenters. The van der Waals surface area contributed by atoms with Gasteiger partial charge in [-0.1, -0.05) is 68.4 Å². The lowest BCUT2D eigenvalue weighted by Gasteiger charge is -2.29. The summed E-state index contributed by atoms with van der Waals surface area (Å²) in [4.78, 5) is 18.3. The zero-order valence-electron chi connectivity index (χ0n) is 19.9. The minimum Gasteiger partial charge on any atom is -0.493 e. The van der Waals surface area contributed by atoms with Gasteiger partial charge in [0.05, 0.1) is 12.2 Å². The highest BCUT2D eigenvalue weighted by atomic mass is 32.2. The molecule has 0 fully saturated rings. The lowest BCUT2D eigenvalue weighted by molar-refractivity contribution is -0.113. The molecule has 4 rings (SSSR count). The van der Waals surface area contributed by atoms with Crippen LogP contribution in [0, 0.1) is 0 Å². The first-order valence-electron chi connectivity index (χ1n) is 11.8. The van der Waals surface area contributed by atoms with Crippen LogP contribution in [0.3, 0.4) is 0 Å². The van der Waals surface area contributed by atoms with Gasteiger partial charge in [-0.25, -0.2) is 4.68 Å². The van der Waals surface area contributed by atoms with Crippen LogP contribution < -0.4 is 15.4 Å². The Balaban J connectivity index is 1.77. The van der Waals surface area contributed by atoms with Gasteiger partial charge in [-0.3, -0.25) is 4.79 Å². The minimum atomic E-state index is -0.471. The number of rotatable bonds is 10. The zero-order valence-corrected chi connectivity index (χ0v) is 20.7. The van der Waals surface area contributed by atoms with Gasteiger partial charge in [0.2, 0.25) is 11.1 Å². The molecule has 2 heterocycles. The highest BCUT2D eigenvalue weighted by Gasteiger charge is 2.36. The zero-order chi connectivity index (χ0) is 23.9. The molecule has 0 saturated carbocycles. The Morgan fingerprint density at radius 2 is 1.88 bits per heavy atom. The number of allylic oxidation sites excluding steroid dienone is 1. The summed E-state index contributed by atoms with van der Waals surface area (Å²) in [5.74, 6) is 2.12. The molecule has 0 bridgehead atoms. The van der Waals surface area contributed by atoms with Crippen molar-refractivity contribution in [1.29, 1.82) is 0 Å². The molecule has 1 aliphatic rings. The summed E-state index contributed by atoms with van der Waals surface area (Å²) in [6, 6.07) is 16.9. The summed E-state index contributed by atoms with van der Waals surface area (Å²) in [6.07, 6.45) is 3.04. The number of para-hydroxylation sites is 2. The molecule has 0 radical (unpaired) electrons. The number of hydrogen-bond acceptors (Lipinski definition) is 6. The third-order valence-corrected chi connectivity index (χ3v) is 6.56. The molecule has 3 aromatic rings. The molecule has 1 unspecified atom stereocenters. The van der Waals surface area contributed by atoms with Gasteiger partial charge in [0, 0.05) is 22.7 Å². The van der Waals surface area contributed by atoms with E-state index in [1.165, 1.54) is 0 Å². The Morgan fingerprint density at radius 3 is 2.65 bits per heavy atom. The molecule has 7 nitrogen and oxygen atoms in total. The highest BCUT2D eigenvalue weighted by Crippen LogP contribution is 2.40. The molecular weight excluding hydrogens is 446 g/mol. The maximum Gasteiger partial charge on any atom is 0.255 e. The molecule has 8 heteroatoms. The van der Waals surface area contributed by atoms with Crippen LogP contribution in [-0.4, -0.2) is 33.0 Å². The SMILES string of the molecule is CCCCOc1ccccc1C1C(C(=O)Nc2ccccc2)=C(C)Nc2nc(SCCC)nn21. The standard InChI is InChI=1S/C26H31N5O2S/c1-4-6-16-33-21-15-11-10-14-20(21)23-22(24(32)28-19-12-8-7-9-13-19)18(3)27-25-29-26(30-31(23)25)34-17-5-2/h7-15,23H,4-6,16-17H2,1-3H3,(H,28,32)(H,27,29,30). The first-order chi connectivity index (χ1) is 16.6. The van der Waals surface area contributed by atoms with E-state index in [0.717, 1.165) is 47.7 Å². The lowest BCUT2D eigenvalue weighted by Crippen LogP contribution is -2.31. The summed E-state index contributed by atoms with van der Waals surface area (Å²) in [7, 11) is 0. The number of unbranched alkanes of at least 4 members (excludes halogenated alkanes) is 1. The van der Waals surface area contributed by atoms with Crippen LogP contribution in [0.15, 0.2) is 71.0 Å². The summed E-state index contributed by atoms with van der Waals surface area (Å²) >= 11 is 1.61. The molecule has 0 saturated heterocycles. The van der Waals surface area contributed by atoms with Crippen LogP contribution in [0.1, 0.15) is 51.6 Å². The van der Waals surface area contributed by atoms with Gasteiger partial charge >= 0.3 is 0 Å². The molecule has 1 aliphatic heterocycles. The number of carbonyl (C=O) groups is 1. The van der Waals surface area contributed by atoms with Crippen molar-refractivity contribution in [3.63, 3.8) is 0 Å². The second-order valence-corrected chi connectivity index (χ2v) is 9.20. The minimum absolute atomic E-state index is 0.187. The monoisotopic (exact) mass is 477 g/mol. The fourth-order valence-corrected chi connectivity index (χ4v) is 4.54. The van der Waals surface area contributed by atoms with E-state index in [1.54, 1.807) is 11.8 Å². The lowest BCUT2D eigenvalue weighted by atomic mass is 9.94.